The maximum atomic E-state index is 12.2. The van der Waals surface area contributed by atoms with Crippen LogP contribution in [0.15, 0.2) is 0 Å². The van der Waals surface area contributed by atoms with Crippen molar-refractivity contribution < 1.29 is 17.9 Å². The zero-order chi connectivity index (χ0) is 14.0. The molecular formula is C12H22N2O4S. The molecule has 0 aromatic heterocycles. The van der Waals surface area contributed by atoms with Gasteiger partial charge in [-0.3, -0.25) is 4.79 Å². The van der Waals surface area contributed by atoms with Gasteiger partial charge in [-0.15, -0.1) is 0 Å². The van der Waals surface area contributed by atoms with Crippen LogP contribution in [-0.4, -0.2) is 57.1 Å². The second kappa shape index (κ2) is 5.87. The van der Waals surface area contributed by atoms with Crippen LogP contribution in [0.3, 0.4) is 0 Å². The molecule has 2 saturated heterocycles. The number of rotatable bonds is 4. The maximum absolute atomic E-state index is 12.2. The molecule has 0 aromatic carbocycles. The van der Waals surface area contributed by atoms with Crippen LogP contribution in [0.5, 0.6) is 0 Å². The summed E-state index contributed by atoms with van der Waals surface area (Å²) in [7, 11) is -3.15. The molecule has 3 atom stereocenters. The monoisotopic (exact) mass is 290 g/mol. The van der Waals surface area contributed by atoms with Gasteiger partial charge in [0.25, 0.3) is 0 Å². The number of nitrogens with two attached hydrogens (primary N) is 1. The van der Waals surface area contributed by atoms with E-state index in [0.29, 0.717) is 32.7 Å². The zero-order valence-electron chi connectivity index (χ0n) is 11.2. The standard InChI is InChI=1S/C12H22N2O4S/c1-19(16,17)14-4-2-3-9(6-14)5-12(15)10-7-18-8-11(10)13/h9-11H,2-8,13H2,1H3. The van der Waals surface area contributed by atoms with Gasteiger partial charge in [-0.2, -0.15) is 0 Å². The maximum Gasteiger partial charge on any atom is 0.211 e. The van der Waals surface area contributed by atoms with E-state index in [1.807, 2.05) is 0 Å². The Bertz CT molecular complexity index is 437. The minimum absolute atomic E-state index is 0.115. The number of Topliss-reactive ketones (excluding diaryl/α,β-unsaturated/α-hetero) is 1. The highest BCUT2D eigenvalue weighted by molar-refractivity contribution is 7.88. The Labute approximate surface area is 114 Å². The highest BCUT2D eigenvalue weighted by atomic mass is 32.2. The second-order valence-corrected chi connectivity index (χ2v) is 7.59. The fourth-order valence-electron chi connectivity index (χ4n) is 2.83. The molecule has 0 radical (unpaired) electrons. The number of ketones is 1. The SMILES string of the molecule is CS(=O)(=O)N1CCCC(CC(=O)C2COCC2N)C1. The van der Waals surface area contributed by atoms with E-state index in [4.69, 9.17) is 10.5 Å². The van der Waals surface area contributed by atoms with Crippen molar-refractivity contribution in [2.24, 2.45) is 17.6 Å². The van der Waals surface area contributed by atoms with E-state index in [0.717, 1.165) is 12.8 Å². The van der Waals surface area contributed by atoms with E-state index in [1.165, 1.54) is 10.6 Å². The van der Waals surface area contributed by atoms with E-state index in [1.54, 1.807) is 0 Å². The minimum atomic E-state index is -3.15. The summed E-state index contributed by atoms with van der Waals surface area (Å²) in [5.41, 5.74) is 5.83. The van der Waals surface area contributed by atoms with Gasteiger partial charge in [0, 0.05) is 25.6 Å². The summed E-state index contributed by atoms with van der Waals surface area (Å²) >= 11 is 0. The Morgan fingerprint density at radius 3 is 2.74 bits per heavy atom. The van der Waals surface area contributed by atoms with Crippen LogP contribution in [0.1, 0.15) is 19.3 Å². The van der Waals surface area contributed by atoms with E-state index in [2.05, 4.69) is 0 Å². The predicted molar refractivity (Wildman–Crippen MR) is 71.0 cm³/mol. The first-order valence-electron chi connectivity index (χ1n) is 6.69. The molecule has 19 heavy (non-hydrogen) atoms. The first-order chi connectivity index (χ1) is 8.88. The average Bonchev–Trinajstić information content (AvgIpc) is 2.75. The first kappa shape index (κ1) is 14.9. The molecule has 0 amide bonds. The lowest BCUT2D eigenvalue weighted by molar-refractivity contribution is -0.124. The van der Waals surface area contributed by atoms with Gasteiger partial charge in [-0.05, 0) is 18.8 Å². The Balaban J connectivity index is 1.90. The Hall–Kier alpha value is -0.500. The summed E-state index contributed by atoms with van der Waals surface area (Å²) < 4.78 is 29.7. The van der Waals surface area contributed by atoms with Crippen LogP contribution in [-0.2, 0) is 19.6 Å². The summed E-state index contributed by atoms with van der Waals surface area (Å²) in [6.07, 6.45) is 3.35. The van der Waals surface area contributed by atoms with Crippen molar-refractivity contribution in [1.82, 2.24) is 4.31 Å². The number of piperidine rings is 1. The van der Waals surface area contributed by atoms with Crippen molar-refractivity contribution in [3.05, 3.63) is 0 Å². The number of hydrogen-bond acceptors (Lipinski definition) is 5. The topological polar surface area (TPSA) is 89.7 Å². The van der Waals surface area contributed by atoms with Crippen LogP contribution >= 0.6 is 0 Å². The van der Waals surface area contributed by atoms with Gasteiger partial charge in [0.15, 0.2) is 0 Å². The van der Waals surface area contributed by atoms with Gasteiger partial charge in [0.2, 0.25) is 10.0 Å². The molecule has 0 aromatic rings. The first-order valence-corrected chi connectivity index (χ1v) is 8.54. The molecule has 6 nitrogen and oxygen atoms in total. The summed E-state index contributed by atoms with van der Waals surface area (Å²) in [5, 5.41) is 0. The summed E-state index contributed by atoms with van der Waals surface area (Å²) in [6, 6.07) is -0.206. The molecule has 2 N–H and O–H groups in total. The fraction of sp³-hybridized carbons (Fsp3) is 0.917. The predicted octanol–water partition coefficient (Wildman–Crippen LogP) is -0.409. The Morgan fingerprint density at radius 1 is 1.42 bits per heavy atom. The molecule has 0 aliphatic carbocycles. The second-order valence-electron chi connectivity index (χ2n) is 5.61. The lowest BCUT2D eigenvalue weighted by Crippen LogP contribution is -2.41. The third kappa shape index (κ3) is 3.75. The van der Waals surface area contributed by atoms with Crippen LogP contribution < -0.4 is 5.73 Å². The minimum Gasteiger partial charge on any atom is -0.379 e. The van der Waals surface area contributed by atoms with Crippen molar-refractivity contribution >= 4 is 15.8 Å². The highest BCUT2D eigenvalue weighted by Gasteiger charge is 2.34. The molecule has 2 fully saturated rings. The third-order valence-corrected chi connectivity index (χ3v) is 5.25. The van der Waals surface area contributed by atoms with Gasteiger partial charge in [0.05, 0.1) is 25.4 Å². The number of sulfonamides is 1. The third-order valence-electron chi connectivity index (χ3n) is 3.98. The van der Waals surface area contributed by atoms with Gasteiger partial charge in [-0.1, -0.05) is 0 Å². The number of ether oxygens (including phenoxy) is 1. The van der Waals surface area contributed by atoms with Crippen LogP contribution in [0.25, 0.3) is 0 Å². The molecular weight excluding hydrogens is 268 g/mol. The molecule has 0 saturated carbocycles. The molecule has 7 heteroatoms. The van der Waals surface area contributed by atoms with Crippen molar-refractivity contribution in [3.63, 3.8) is 0 Å². The Kier molecular flexibility index (Phi) is 4.60. The lowest BCUT2D eigenvalue weighted by atomic mass is 9.88. The quantitative estimate of drug-likeness (QED) is 0.760. The largest absolute Gasteiger partial charge is 0.379 e. The molecule has 2 aliphatic rings. The van der Waals surface area contributed by atoms with Gasteiger partial charge in [0.1, 0.15) is 5.78 Å². The van der Waals surface area contributed by atoms with Crippen molar-refractivity contribution in [2.75, 3.05) is 32.6 Å². The van der Waals surface area contributed by atoms with E-state index in [-0.39, 0.29) is 23.7 Å². The summed E-state index contributed by atoms with van der Waals surface area (Å²) in [6.45, 7) is 1.86. The molecule has 2 heterocycles. The summed E-state index contributed by atoms with van der Waals surface area (Å²) in [5.74, 6) is 0.0164. The smallest absolute Gasteiger partial charge is 0.211 e. The number of carbonyl (C=O) groups is 1. The van der Waals surface area contributed by atoms with E-state index >= 15 is 0 Å². The van der Waals surface area contributed by atoms with E-state index < -0.39 is 10.0 Å². The van der Waals surface area contributed by atoms with Crippen molar-refractivity contribution in [1.29, 1.82) is 0 Å². The lowest BCUT2D eigenvalue weighted by Gasteiger charge is -2.31. The fourth-order valence-corrected chi connectivity index (χ4v) is 3.78. The number of hydrogen-bond donors (Lipinski definition) is 1. The molecule has 110 valence electrons. The molecule has 3 unspecified atom stereocenters. The Morgan fingerprint density at radius 2 is 2.16 bits per heavy atom. The van der Waals surface area contributed by atoms with Crippen LogP contribution in [0, 0.1) is 11.8 Å². The highest BCUT2D eigenvalue weighted by Crippen LogP contribution is 2.24. The number of nitrogens with zero attached hydrogens (tertiary/aromatic N) is 1. The van der Waals surface area contributed by atoms with Gasteiger partial charge < -0.3 is 10.5 Å². The normalized spacial score (nSPS) is 33.5. The van der Waals surface area contributed by atoms with Gasteiger partial charge in [-0.25, -0.2) is 12.7 Å². The molecule has 0 spiro atoms. The van der Waals surface area contributed by atoms with E-state index in [9.17, 15) is 13.2 Å². The van der Waals surface area contributed by atoms with Gasteiger partial charge >= 0.3 is 0 Å². The van der Waals surface area contributed by atoms with Crippen LogP contribution in [0.4, 0.5) is 0 Å². The van der Waals surface area contributed by atoms with Crippen molar-refractivity contribution in [2.45, 2.75) is 25.3 Å². The molecule has 2 rings (SSSR count). The number of carbonyl (C=O) groups excluding carboxylic acids is 1. The summed E-state index contributed by atoms with van der Waals surface area (Å²) in [4.78, 5) is 12.2. The van der Waals surface area contributed by atoms with Crippen molar-refractivity contribution in [3.8, 4) is 0 Å². The molecule has 2 aliphatic heterocycles. The van der Waals surface area contributed by atoms with Crippen LogP contribution in [0.2, 0.25) is 0 Å². The average molecular weight is 290 g/mol. The zero-order valence-corrected chi connectivity index (χ0v) is 12.1. The molecule has 0 bridgehead atoms.